The molecule has 5 rings (SSSR count). The van der Waals surface area contributed by atoms with Crippen molar-refractivity contribution in [1.29, 1.82) is 0 Å². The number of halogens is 1. The quantitative estimate of drug-likeness (QED) is 0.621. The Labute approximate surface area is 178 Å². The number of nitrogens with one attached hydrogen (secondary N) is 1. The van der Waals surface area contributed by atoms with Gasteiger partial charge in [-0.2, -0.15) is 13.5 Å². The van der Waals surface area contributed by atoms with Gasteiger partial charge in [0.05, 0.1) is 19.2 Å². The van der Waals surface area contributed by atoms with Crippen LogP contribution in [0.15, 0.2) is 47.8 Å². The summed E-state index contributed by atoms with van der Waals surface area (Å²) in [7, 11) is -4.45. The van der Waals surface area contributed by atoms with E-state index in [9.17, 15) is 17.6 Å². The number of aromatic nitrogens is 3. The summed E-state index contributed by atoms with van der Waals surface area (Å²) in [6.07, 6.45) is 4.45. The van der Waals surface area contributed by atoms with Gasteiger partial charge in [0.15, 0.2) is 5.82 Å². The van der Waals surface area contributed by atoms with Gasteiger partial charge in [0, 0.05) is 12.3 Å². The number of carbonyl (C=O) groups is 1. The maximum absolute atomic E-state index is 14.3. The number of sulfonamides is 1. The fourth-order valence-corrected chi connectivity index (χ4v) is 4.81. The van der Waals surface area contributed by atoms with Gasteiger partial charge in [0.1, 0.15) is 6.61 Å². The third kappa shape index (κ3) is 3.90. The molecule has 1 aliphatic carbocycles. The number of fused-ring (bicyclic) bond motifs is 6. The summed E-state index contributed by atoms with van der Waals surface area (Å²) in [6, 6.07) is 9.38. The monoisotopic (exact) mass is 442 g/mol. The fraction of sp³-hybridized carbons (Fsp3) is 0.286. The molecule has 1 N–H and O–H groups in total. The number of nitrogens with zero attached hydrogens (tertiary/aromatic N) is 3. The van der Waals surface area contributed by atoms with Crippen molar-refractivity contribution >= 4 is 15.9 Å². The van der Waals surface area contributed by atoms with Gasteiger partial charge < -0.3 is 4.74 Å². The average molecular weight is 442 g/mol. The van der Waals surface area contributed by atoms with Gasteiger partial charge in [-0.1, -0.05) is 18.2 Å². The largest absolute Gasteiger partial charge is 0.476 e. The van der Waals surface area contributed by atoms with Crippen LogP contribution in [-0.4, -0.2) is 35.7 Å². The van der Waals surface area contributed by atoms with Crippen molar-refractivity contribution in [3.05, 3.63) is 59.7 Å². The number of pyridine rings is 1. The van der Waals surface area contributed by atoms with Crippen molar-refractivity contribution in [2.75, 3.05) is 6.61 Å². The lowest BCUT2D eigenvalue weighted by Gasteiger charge is -2.15. The standard InChI is InChI=1S/C21H19FN4O4S/c22-18-12-26-8-9-30-20-10-14(6-7-23-20)16-3-1-2-15(13-4-5-13)17(16)11-19(27)25-31(28,29)21(18)24-26/h1-3,6-7,10,12-13H,4-5,8-9,11H2,(H,25,27). The maximum Gasteiger partial charge on any atom is 0.286 e. The SMILES string of the molecule is O=C1Cc2c(cccc2C2CC2)-c2ccnc(c2)OCCn2cc(F)c(n2)S(=O)(=O)N1. The summed E-state index contributed by atoms with van der Waals surface area (Å²) in [6.45, 7) is 0.215. The van der Waals surface area contributed by atoms with Crippen LogP contribution in [0.4, 0.5) is 4.39 Å². The molecular weight excluding hydrogens is 423 g/mol. The van der Waals surface area contributed by atoms with Crippen molar-refractivity contribution < 1.29 is 22.3 Å². The van der Waals surface area contributed by atoms with Crippen LogP contribution in [0.2, 0.25) is 0 Å². The van der Waals surface area contributed by atoms with E-state index < -0.39 is 26.8 Å². The van der Waals surface area contributed by atoms with Crippen LogP contribution in [0.1, 0.15) is 29.9 Å². The van der Waals surface area contributed by atoms with Crippen LogP contribution in [-0.2, 0) is 27.8 Å². The van der Waals surface area contributed by atoms with E-state index >= 15 is 0 Å². The predicted octanol–water partition coefficient (Wildman–Crippen LogP) is 2.40. The first-order valence-corrected chi connectivity index (χ1v) is 11.4. The first kappa shape index (κ1) is 19.7. The highest BCUT2D eigenvalue weighted by atomic mass is 32.2. The van der Waals surface area contributed by atoms with Gasteiger partial charge in [-0.05, 0) is 47.1 Å². The lowest BCUT2D eigenvalue weighted by atomic mass is 9.91. The second-order valence-electron chi connectivity index (χ2n) is 7.63. The van der Waals surface area contributed by atoms with Crippen molar-refractivity contribution in [1.82, 2.24) is 19.5 Å². The van der Waals surface area contributed by atoms with Gasteiger partial charge in [-0.25, -0.2) is 14.1 Å². The van der Waals surface area contributed by atoms with E-state index in [-0.39, 0.29) is 19.6 Å². The Morgan fingerprint density at radius 3 is 2.87 bits per heavy atom. The van der Waals surface area contributed by atoms with E-state index in [1.807, 2.05) is 29.0 Å². The Kier molecular flexibility index (Phi) is 4.73. The van der Waals surface area contributed by atoms with Gasteiger partial charge in [-0.15, -0.1) is 0 Å². The minimum absolute atomic E-state index is 0.106. The number of amides is 1. The normalized spacial score (nSPS) is 18.2. The summed E-state index contributed by atoms with van der Waals surface area (Å²) in [5, 5.41) is 2.96. The molecule has 0 unspecified atom stereocenters. The lowest BCUT2D eigenvalue weighted by molar-refractivity contribution is -0.118. The molecule has 8 nitrogen and oxygen atoms in total. The van der Waals surface area contributed by atoms with Crippen LogP contribution in [0.25, 0.3) is 11.1 Å². The zero-order valence-corrected chi connectivity index (χ0v) is 17.2. The Bertz CT molecular complexity index is 1280. The number of benzene rings is 1. The molecule has 10 heteroatoms. The molecule has 0 atom stereocenters. The Morgan fingerprint density at radius 1 is 1.23 bits per heavy atom. The molecule has 3 aromatic rings. The van der Waals surface area contributed by atoms with E-state index in [0.717, 1.165) is 46.0 Å². The molecule has 0 radical (unpaired) electrons. The second-order valence-corrected chi connectivity index (χ2v) is 9.23. The molecule has 0 spiro atoms. The van der Waals surface area contributed by atoms with E-state index in [4.69, 9.17) is 4.74 Å². The van der Waals surface area contributed by atoms with Gasteiger partial charge >= 0.3 is 0 Å². The lowest BCUT2D eigenvalue weighted by Crippen LogP contribution is -2.33. The van der Waals surface area contributed by atoms with E-state index in [1.54, 1.807) is 12.3 Å². The molecular formula is C21H19FN4O4S. The molecule has 2 aliphatic rings. The highest BCUT2D eigenvalue weighted by Gasteiger charge is 2.30. The van der Waals surface area contributed by atoms with Gasteiger partial charge in [0.2, 0.25) is 16.8 Å². The second kappa shape index (κ2) is 7.45. The van der Waals surface area contributed by atoms with E-state index in [0.29, 0.717) is 11.8 Å². The predicted molar refractivity (Wildman–Crippen MR) is 108 cm³/mol. The highest BCUT2D eigenvalue weighted by molar-refractivity contribution is 7.90. The van der Waals surface area contributed by atoms with Crippen molar-refractivity contribution in [2.45, 2.75) is 36.8 Å². The minimum Gasteiger partial charge on any atom is -0.476 e. The van der Waals surface area contributed by atoms with Crippen molar-refractivity contribution in [3.8, 4) is 17.0 Å². The van der Waals surface area contributed by atoms with Gasteiger partial charge in [-0.3, -0.25) is 9.48 Å². The topological polar surface area (TPSA) is 103 Å². The van der Waals surface area contributed by atoms with E-state index in [1.165, 1.54) is 0 Å². The summed E-state index contributed by atoms with van der Waals surface area (Å²) in [5.41, 5.74) is 3.40. The van der Waals surface area contributed by atoms with Crippen LogP contribution in [0, 0.1) is 5.82 Å². The first-order valence-electron chi connectivity index (χ1n) is 9.90. The molecule has 2 aromatic heterocycles. The Hall–Kier alpha value is -3.27. The summed E-state index contributed by atoms with van der Waals surface area (Å²) in [5.74, 6) is -1.07. The number of hydrogen-bond donors (Lipinski definition) is 1. The van der Waals surface area contributed by atoms with Crippen LogP contribution in [0.3, 0.4) is 0 Å². The van der Waals surface area contributed by atoms with Crippen LogP contribution >= 0.6 is 0 Å². The molecule has 1 amide bonds. The number of ether oxygens (including phenoxy) is 1. The number of carbonyl (C=O) groups excluding carboxylic acids is 1. The molecule has 1 aliphatic heterocycles. The zero-order valence-electron chi connectivity index (χ0n) is 16.4. The Morgan fingerprint density at radius 2 is 2.06 bits per heavy atom. The summed E-state index contributed by atoms with van der Waals surface area (Å²) >= 11 is 0. The van der Waals surface area contributed by atoms with Gasteiger partial charge in [0.25, 0.3) is 10.0 Å². The Balaban J connectivity index is 1.63. The van der Waals surface area contributed by atoms with Crippen LogP contribution < -0.4 is 9.46 Å². The zero-order chi connectivity index (χ0) is 21.6. The van der Waals surface area contributed by atoms with Crippen molar-refractivity contribution in [3.63, 3.8) is 0 Å². The molecule has 31 heavy (non-hydrogen) atoms. The number of rotatable bonds is 1. The molecule has 1 saturated carbocycles. The smallest absolute Gasteiger partial charge is 0.286 e. The summed E-state index contributed by atoms with van der Waals surface area (Å²) < 4.78 is 48.2. The minimum atomic E-state index is -4.45. The average Bonchev–Trinajstić information content (AvgIpc) is 3.49. The molecule has 1 fully saturated rings. The third-order valence-electron chi connectivity index (χ3n) is 5.37. The molecule has 160 valence electrons. The maximum atomic E-state index is 14.3. The highest BCUT2D eigenvalue weighted by Crippen LogP contribution is 2.44. The fourth-order valence-electron chi connectivity index (χ4n) is 3.82. The molecule has 0 saturated heterocycles. The first-order chi connectivity index (χ1) is 14.9. The summed E-state index contributed by atoms with van der Waals surface area (Å²) in [4.78, 5) is 17.0. The molecule has 4 bridgehead atoms. The van der Waals surface area contributed by atoms with E-state index in [2.05, 4.69) is 10.1 Å². The van der Waals surface area contributed by atoms with Crippen LogP contribution in [0.5, 0.6) is 5.88 Å². The molecule has 3 heterocycles. The third-order valence-corrected chi connectivity index (χ3v) is 6.65. The molecule has 1 aromatic carbocycles. The number of hydrogen-bond acceptors (Lipinski definition) is 6. The van der Waals surface area contributed by atoms with Crippen molar-refractivity contribution in [2.24, 2.45) is 0 Å².